The zero-order valence-electron chi connectivity index (χ0n) is 13.7. The second-order valence-corrected chi connectivity index (χ2v) is 6.95. The maximum absolute atomic E-state index is 12.1. The molecule has 0 bridgehead atoms. The molecule has 4 heteroatoms. The Bertz CT molecular complexity index is 574. The molecule has 0 unspecified atom stereocenters. The number of nitrogens with one attached hydrogen (secondary N) is 2. The number of hydrogen-bond acceptors (Lipinski definition) is 2. The highest BCUT2D eigenvalue weighted by molar-refractivity contribution is 5.75. The van der Waals surface area contributed by atoms with Crippen LogP contribution >= 0.6 is 0 Å². The molecule has 0 aromatic heterocycles. The van der Waals surface area contributed by atoms with E-state index in [-0.39, 0.29) is 18.1 Å². The Labute approximate surface area is 132 Å². The number of amides is 2. The van der Waals surface area contributed by atoms with Crippen LogP contribution in [-0.2, 0) is 5.54 Å². The van der Waals surface area contributed by atoms with Crippen LogP contribution < -0.4 is 10.6 Å². The lowest BCUT2D eigenvalue weighted by molar-refractivity contribution is 0.200. The predicted octanol–water partition coefficient (Wildman–Crippen LogP) is 3.03. The third kappa shape index (κ3) is 3.89. The number of urea groups is 1. The summed E-state index contributed by atoms with van der Waals surface area (Å²) in [6.45, 7) is 10.5. The maximum Gasteiger partial charge on any atom is 0.315 e. The molecule has 1 aliphatic carbocycles. The number of benzene rings is 1. The van der Waals surface area contributed by atoms with Gasteiger partial charge in [0.05, 0.1) is 12.1 Å². The average Bonchev–Trinajstić information content (AvgIpc) is 3.25. The van der Waals surface area contributed by atoms with Gasteiger partial charge < -0.3 is 15.7 Å². The molecule has 1 saturated carbocycles. The van der Waals surface area contributed by atoms with Crippen LogP contribution in [0.5, 0.6) is 0 Å². The first kappa shape index (κ1) is 16.6. The summed E-state index contributed by atoms with van der Waals surface area (Å²) in [7, 11) is 0. The van der Waals surface area contributed by atoms with Crippen LogP contribution in [0.25, 0.3) is 5.57 Å². The monoisotopic (exact) mass is 302 g/mol. The van der Waals surface area contributed by atoms with Gasteiger partial charge in [0.25, 0.3) is 0 Å². The van der Waals surface area contributed by atoms with Gasteiger partial charge in [-0.25, -0.2) is 4.79 Å². The van der Waals surface area contributed by atoms with E-state index in [1.165, 1.54) is 0 Å². The SMILES string of the molecule is C=C(C)c1cccc(C(C)(C)NC(=O)NCC2(CO)CC2)c1. The van der Waals surface area contributed by atoms with Crippen molar-refractivity contribution in [3.8, 4) is 0 Å². The summed E-state index contributed by atoms with van der Waals surface area (Å²) in [5, 5.41) is 15.2. The highest BCUT2D eigenvalue weighted by Crippen LogP contribution is 2.44. The molecule has 0 spiro atoms. The van der Waals surface area contributed by atoms with Crippen LogP contribution in [0.15, 0.2) is 30.8 Å². The predicted molar refractivity (Wildman–Crippen MR) is 89.5 cm³/mol. The van der Waals surface area contributed by atoms with Crippen molar-refractivity contribution in [3.05, 3.63) is 42.0 Å². The molecule has 2 amide bonds. The molecule has 0 atom stereocenters. The summed E-state index contributed by atoms with van der Waals surface area (Å²) < 4.78 is 0. The van der Waals surface area contributed by atoms with E-state index >= 15 is 0 Å². The van der Waals surface area contributed by atoms with Crippen molar-refractivity contribution >= 4 is 11.6 Å². The van der Waals surface area contributed by atoms with Crippen molar-refractivity contribution in [3.63, 3.8) is 0 Å². The van der Waals surface area contributed by atoms with Gasteiger partial charge in [0.2, 0.25) is 0 Å². The number of rotatable bonds is 6. The second-order valence-electron chi connectivity index (χ2n) is 6.95. The van der Waals surface area contributed by atoms with E-state index in [1.54, 1.807) is 0 Å². The quantitative estimate of drug-likeness (QED) is 0.756. The molecule has 3 N–H and O–H groups in total. The summed E-state index contributed by atoms with van der Waals surface area (Å²) in [5.74, 6) is 0. The van der Waals surface area contributed by atoms with E-state index in [0.29, 0.717) is 6.54 Å². The molecule has 22 heavy (non-hydrogen) atoms. The Morgan fingerprint density at radius 1 is 1.41 bits per heavy atom. The number of hydrogen-bond donors (Lipinski definition) is 3. The zero-order valence-corrected chi connectivity index (χ0v) is 13.7. The van der Waals surface area contributed by atoms with Gasteiger partial charge in [0.1, 0.15) is 0 Å². The van der Waals surface area contributed by atoms with Crippen molar-refractivity contribution in [1.29, 1.82) is 0 Å². The van der Waals surface area contributed by atoms with Gasteiger partial charge in [-0.15, -0.1) is 0 Å². The first-order valence-electron chi connectivity index (χ1n) is 7.71. The molecule has 1 aliphatic rings. The summed E-state index contributed by atoms with van der Waals surface area (Å²) >= 11 is 0. The van der Waals surface area contributed by atoms with E-state index in [1.807, 2.05) is 39.0 Å². The number of carbonyl (C=O) groups is 1. The fourth-order valence-electron chi connectivity index (χ4n) is 2.41. The highest BCUT2D eigenvalue weighted by atomic mass is 16.3. The fraction of sp³-hybridized carbons (Fsp3) is 0.500. The summed E-state index contributed by atoms with van der Waals surface area (Å²) in [5.41, 5.74) is 2.55. The Morgan fingerprint density at radius 2 is 2.09 bits per heavy atom. The Hall–Kier alpha value is -1.81. The lowest BCUT2D eigenvalue weighted by atomic mass is 9.92. The number of carbonyl (C=O) groups excluding carboxylic acids is 1. The van der Waals surface area contributed by atoms with Crippen molar-refractivity contribution < 1.29 is 9.90 Å². The van der Waals surface area contributed by atoms with Gasteiger partial charge in [-0.3, -0.25) is 0 Å². The van der Waals surface area contributed by atoms with E-state index in [9.17, 15) is 9.90 Å². The lowest BCUT2D eigenvalue weighted by Gasteiger charge is -2.28. The standard InChI is InChI=1S/C18H26N2O2/c1-13(2)14-6-5-7-15(10-14)17(3,4)20-16(22)19-11-18(12-21)8-9-18/h5-7,10,21H,1,8-9,11-12H2,2-4H3,(H2,19,20,22). The first-order chi connectivity index (χ1) is 10.3. The van der Waals surface area contributed by atoms with Crippen LogP contribution in [0.2, 0.25) is 0 Å². The number of aliphatic hydroxyl groups is 1. The van der Waals surface area contributed by atoms with Crippen molar-refractivity contribution in [1.82, 2.24) is 10.6 Å². The normalized spacial score (nSPS) is 16.0. The summed E-state index contributed by atoms with van der Waals surface area (Å²) in [4.78, 5) is 12.1. The van der Waals surface area contributed by atoms with Gasteiger partial charge >= 0.3 is 6.03 Å². The van der Waals surface area contributed by atoms with Crippen LogP contribution in [0, 0.1) is 5.41 Å². The zero-order chi connectivity index (χ0) is 16.4. The molecular formula is C18H26N2O2. The van der Waals surface area contributed by atoms with E-state index in [0.717, 1.165) is 29.5 Å². The Balaban J connectivity index is 1.99. The third-order valence-corrected chi connectivity index (χ3v) is 4.42. The largest absolute Gasteiger partial charge is 0.396 e. The molecule has 0 radical (unpaired) electrons. The lowest BCUT2D eigenvalue weighted by Crippen LogP contribution is -2.48. The summed E-state index contributed by atoms with van der Waals surface area (Å²) in [6, 6.07) is 7.85. The molecule has 2 rings (SSSR count). The molecular weight excluding hydrogens is 276 g/mol. The molecule has 1 aromatic carbocycles. The minimum Gasteiger partial charge on any atom is -0.396 e. The minimum absolute atomic E-state index is 0.0820. The van der Waals surface area contributed by atoms with Gasteiger partial charge in [0.15, 0.2) is 0 Å². The van der Waals surface area contributed by atoms with Gasteiger partial charge in [0, 0.05) is 12.0 Å². The van der Waals surface area contributed by atoms with E-state index < -0.39 is 5.54 Å². The van der Waals surface area contributed by atoms with Crippen LogP contribution in [0.1, 0.15) is 44.7 Å². The molecule has 4 nitrogen and oxygen atoms in total. The maximum atomic E-state index is 12.1. The third-order valence-electron chi connectivity index (χ3n) is 4.42. The van der Waals surface area contributed by atoms with Crippen LogP contribution in [-0.4, -0.2) is 24.3 Å². The molecule has 0 aliphatic heterocycles. The topological polar surface area (TPSA) is 61.4 Å². The van der Waals surface area contributed by atoms with E-state index in [4.69, 9.17) is 0 Å². The molecule has 0 heterocycles. The van der Waals surface area contributed by atoms with Gasteiger partial charge in [-0.1, -0.05) is 30.4 Å². The van der Waals surface area contributed by atoms with Crippen LogP contribution in [0.3, 0.4) is 0 Å². The average molecular weight is 302 g/mol. The van der Waals surface area contributed by atoms with Gasteiger partial charge in [-0.2, -0.15) is 0 Å². The highest BCUT2D eigenvalue weighted by Gasteiger charge is 2.42. The Kier molecular flexibility index (Phi) is 4.61. The molecule has 0 saturated heterocycles. The fourth-order valence-corrected chi connectivity index (χ4v) is 2.41. The van der Waals surface area contributed by atoms with Crippen molar-refractivity contribution in [2.75, 3.05) is 13.2 Å². The second kappa shape index (κ2) is 6.13. The molecule has 1 fully saturated rings. The smallest absolute Gasteiger partial charge is 0.315 e. The van der Waals surface area contributed by atoms with Gasteiger partial charge in [-0.05, 0) is 50.8 Å². The first-order valence-corrected chi connectivity index (χ1v) is 7.71. The number of allylic oxidation sites excluding steroid dienone is 1. The van der Waals surface area contributed by atoms with Crippen molar-refractivity contribution in [2.45, 2.75) is 39.2 Å². The minimum atomic E-state index is -0.481. The number of aliphatic hydroxyl groups excluding tert-OH is 1. The van der Waals surface area contributed by atoms with Crippen LogP contribution in [0.4, 0.5) is 4.79 Å². The molecule has 1 aromatic rings. The van der Waals surface area contributed by atoms with E-state index in [2.05, 4.69) is 23.3 Å². The van der Waals surface area contributed by atoms with Crippen molar-refractivity contribution in [2.24, 2.45) is 5.41 Å². The summed E-state index contributed by atoms with van der Waals surface area (Å²) in [6.07, 6.45) is 1.96. The molecule has 120 valence electrons. The Morgan fingerprint density at radius 3 is 2.64 bits per heavy atom.